The summed E-state index contributed by atoms with van der Waals surface area (Å²) >= 11 is 8.23. The number of carbonyl (C=O) groups excluding carboxylic acids is 4. The first-order chi connectivity index (χ1) is 24.0. The number of nitrogens with one attached hydrogen (secondary N) is 1. The summed E-state index contributed by atoms with van der Waals surface area (Å²) in [5.41, 5.74) is -0.569. The lowest BCUT2D eigenvalue weighted by Gasteiger charge is -2.42. The Morgan fingerprint density at radius 2 is 2.00 bits per heavy atom. The van der Waals surface area contributed by atoms with Gasteiger partial charge in [0.15, 0.2) is 5.72 Å². The van der Waals surface area contributed by atoms with Crippen molar-refractivity contribution in [3.8, 4) is 0 Å². The molecule has 1 aromatic rings. The lowest BCUT2D eigenvalue weighted by Crippen LogP contribution is -2.63. The molecule has 2 fully saturated rings. The van der Waals surface area contributed by atoms with Crippen LogP contribution < -0.4 is 10.2 Å². The summed E-state index contributed by atoms with van der Waals surface area (Å²) in [6.45, 7) is 6.60. The number of thioether (sulfide) groups is 1. The lowest BCUT2D eigenvalue weighted by atomic mass is 9.83. The third-order valence-electron chi connectivity index (χ3n) is 10.1. The van der Waals surface area contributed by atoms with Crippen molar-refractivity contribution in [1.29, 1.82) is 0 Å². The number of hydrogen-bond donors (Lipinski definition) is 3. The van der Waals surface area contributed by atoms with Crippen molar-refractivity contribution in [3.63, 3.8) is 0 Å². The highest BCUT2D eigenvalue weighted by atomic mass is 35.5. The van der Waals surface area contributed by atoms with E-state index in [1.165, 1.54) is 35.7 Å². The fraction of sp³-hybridized carbons (Fsp3) is 0.611. The normalized spacial score (nSPS) is 30.4. The number of carbonyl (C=O) groups is 4. The van der Waals surface area contributed by atoms with E-state index in [1.807, 2.05) is 19.3 Å². The van der Waals surface area contributed by atoms with Crippen LogP contribution in [0.25, 0.3) is 0 Å². The molecule has 2 saturated heterocycles. The lowest BCUT2D eigenvalue weighted by molar-refractivity contribution is -0.162. The number of alkyl carbamates (subject to hydrolysis) is 1. The number of rotatable bonds is 8. The molecule has 3 N–H and O–H groups in total. The minimum absolute atomic E-state index is 0.0538. The number of ether oxygens (including phenoxy) is 4. The number of anilines is 1. The number of benzene rings is 1. The zero-order valence-corrected chi connectivity index (χ0v) is 32.0. The molecule has 4 bridgehead atoms. The van der Waals surface area contributed by atoms with E-state index in [4.69, 9.17) is 30.5 Å². The number of aliphatic hydroxyl groups excluding tert-OH is 1. The van der Waals surface area contributed by atoms with Crippen LogP contribution in [0, 0.1) is 5.92 Å². The average Bonchev–Trinajstić information content (AvgIpc) is 3.79. The van der Waals surface area contributed by atoms with E-state index in [-0.39, 0.29) is 36.8 Å². The SMILES string of the molecule is CO[C@@H]1C=CC=C(C)Cc2cc(CO)c(Cl)c(c2)N(C)C(=O)C[C@H](OC(=O)[C@H](C)N(C)C(=O)CCSC)[C@]2(C)O[C@H]2[C@H](C)[C@@H]2C[C@@]1(O)NC(=O)O2. The topological polar surface area (TPSA) is 167 Å². The number of allylic oxidation sites excluding steroid dienone is 3. The summed E-state index contributed by atoms with van der Waals surface area (Å²) in [6, 6.07) is 2.57. The van der Waals surface area contributed by atoms with Crippen molar-refractivity contribution in [2.24, 2.45) is 5.92 Å². The molecule has 282 valence electrons. The number of esters is 1. The number of fused-ring (bicyclic) bond motifs is 5. The minimum atomic E-state index is -1.83. The van der Waals surface area contributed by atoms with E-state index in [1.54, 1.807) is 52.1 Å². The number of hydrogen-bond acceptors (Lipinski definition) is 11. The van der Waals surface area contributed by atoms with Crippen LogP contribution in [0.3, 0.4) is 0 Å². The van der Waals surface area contributed by atoms with Gasteiger partial charge in [0, 0.05) is 45.7 Å². The molecule has 0 spiro atoms. The van der Waals surface area contributed by atoms with Crippen LogP contribution in [0.2, 0.25) is 5.02 Å². The third-order valence-corrected chi connectivity index (χ3v) is 11.2. The number of likely N-dealkylation sites (N-methyl/N-ethyl adjacent to an activating group) is 1. The Bertz CT molecular complexity index is 1560. The van der Waals surface area contributed by atoms with Crippen molar-refractivity contribution in [2.45, 2.75) is 102 Å². The predicted molar refractivity (Wildman–Crippen MR) is 193 cm³/mol. The molecule has 0 saturated carbocycles. The molecule has 0 radical (unpaired) electrons. The van der Waals surface area contributed by atoms with Gasteiger partial charge >= 0.3 is 12.1 Å². The van der Waals surface area contributed by atoms with Crippen molar-refractivity contribution in [3.05, 3.63) is 52.1 Å². The average molecular weight is 752 g/mol. The quantitative estimate of drug-likeness (QED) is 0.262. The summed E-state index contributed by atoms with van der Waals surface area (Å²) in [6.07, 6.45) is 2.97. The fourth-order valence-corrected chi connectivity index (χ4v) is 7.32. The summed E-state index contributed by atoms with van der Waals surface area (Å²) in [4.78, 5) is 55.9. The molecule has 3 heterocycles. The Morgan fingerprint density at radius 1 is 1.29 bits per heavy atom. The van der Waals surface area contributed by atoms with Gasteiger partial charge in [0.25, 0.3) is 0 Å². The maximum Gasteiger partial charge on any atom is 0.409 e. The van der Waals surface area contributed by atoms with E-state index in [2.05, 4.69) is 5.32 Å². The zero-order chi connectivity index (χ0) is 37.8. The molecule has 0 unspecified atom stereocenters. The summed E-state index contributed by atoms with van der Waals surface area (Å²) in [7, 11) is 4.51. The summed E-state index contributed by atoms with van der Waals surface area (Å²) < 4.78 is 23.5. The first-order valence-corrected chi connectivity index (χ1v) is 18.7. The summed E-state index contributed by atoms with van der Waals surface area (Å²) in [5.74, 6) is -1.34. The van der Waals surface area contributed by atoms with Crippen LogP contribution >= 0.6 is 23.4 Å². The fourth-order valence-electron chi connectivity index (χ4n) is 6.64. The molecule has 13 nitrogen and oxygen atoms in total. The van der Waals surface area contributed by atoms with Crippen molar-refractivity contribution in [1.82, 2.24) is 10.2 Å². The molecule has 3 aliphatic rings. The van der Waals surface area contributed by atoms with Crippen molar-refractivity contribution < 1.29 is 48.3 Å². The van der Waals surface area contributed by atoms with Crippen LogP contribution in [0.15, 0.2) is 35.9 Å². The number of nitrogens with zero attached hydrogens (tertiary/aromatic N) is 2. The largest absolute Gasteiger partial charge is 0.457 e. The highest BCUT2D eigenvalue weighted by Gasteiger charge is 2.64. The molecule has 15 heteroatoms. The van der Waals surface area contributed by atoms with Gasteiger partial charge in [-0.2, -0.15) is 11.8 Å². The molecule has 0 aromatic heterocycles. The second-order valence-electron chi connectivity index (χ2n) is 13.8. The van der Waals surface area contributed by atoms with Crippen molar-refractivity contribution >= 4 is 52.9 Å². The van der Waals surface area contributed by atoms with Gasteiger partial charge in [-0.15, -0.1) is 0 Å². The molecule has 8 atom stereocenters. The number of halogens is 1. The number of methoxy groups -OCH3 is 1. The van der Waals surface area contributed by atoms with E-state index < -0.39 is 65.7 Å². The maximum atomic E-state index is 14.1. The first kappa shape index (κ1) is 40.6. The molecule has 4 rings (SSSR count). The van der Waals surface area contributed by atoms with Gasteiger partial charge < -0.3 is 39.0 Å². The predicted octanol–water partition coefficient (Wildman–Crippen LogP) is 3.75. The Morgan fingerprint density at radius 3 is 2.65 bits per heavy atom. The third kappa shape index (κ3) is 9.09. The summed E-state index contributed by atoms with van der Waals surface area (Å²) in [5, 5.41) is 24.5. The molecule has 3 aliphatic heterocycles. The molecule has 3 amide bonds. The smallest absolute Gasteiger partial charge is 0.409 e. The zero-order valence-electron chi connectivity index (χ0n) is 30.4. The first-order valence-electron chi connectivity index (χ1n) is 16.9. The molecular formula is C36H50ClN3O10S. The molecule has 1 aromatic carbocycles. The van der Waals surface area contributed by atoms with Crippen LogP contribution in [0.4, 0.5) is 10.5 Å². The number of amides is 3. The standard InChI is InChI=1S/C36H50ClN3O10S/c1-20-10-9-11-27(47-7)36(46)18-26(48-34(45)38-36)21(2)32-35(4,50-32)28(49-33(44)22(3)39(5)29(42)12-13-51-8)17-30(43)40(6)25-16-23(14-20)15-24(19-41)31(25)37/h9-11,15-16,21-22,26-28,32,41,46H,12-14,17-19H2,1-8H3,(H,38,45)/t21-,22+,26+,27-,28+,32+,35+,36+/m1/s1. The molecule has 51 heavy (non-hydrogen) atoms. The van der Waals surface area contributed by atoms with Gasteiger partial charge in [-0.05, 0) is 50.6 Å². The second-order valence-corrected chi connectivity index (χ2v) is 15.1. The maximum absolute atomic E-state index is 14.1. The van der Waals surface area contributed by atoms with Crippen LogP contribution in [0.5, 0.6) is 0 Å². The Labute approximate surface area is 308 Å². The number of aliphatic hydroxyl groups is 2. The van der Waals surface area contributed by atoms with E-state index in [9.17, 15) is 29.4 Å². The van der Waals surface area contributed by atoms with Crippen LogP contribution in [-0.2, 0) is 46.4 Å². The molecular weight excluding hydrogens is 702 g/mol. The van der Waals surface area contributed by atoms with Gasteiger partial charge in [-0.3, -0.25) is 14.9 Å². The van der Waals surface area contributed by atoms with E-state index in [0.717, 1.165) is 11.1 Å². The second kappa shape index (κ2) is 16.7. The van der Waals surface area contributed by atoms with Crippen LogP contribution in [-0.4, -0.2) is 114 Å². The van der Waals surface area contributed by atoms with Gasteiger partial charge in [0.1, 0.15) is 30.0 Å². The van der Waals surface area contributed by atoms with Gasteiger partial charge in [0.05, 0.1) is 29.8 Å². The highest BCUT2D eigenvalue weighted by Crippen LogP contribution is 2.49. The highest BCUT2D eigenvalue weighted by molar-refractivity contribution is 7.98. The van der Waals surface area contributed by atoms with Crippen LogP contribution in [0.1, 0.15) is 58.1 Å². The van der Waals surface area contributed by atoms with E-state index >= 15 is 0 Å². The Kier molecular flexibility index (Phi) is 13.3. The Hall–Kier alpha value is -3.14. The minimum Gasteiger partial charge on any atom is -0.457 e. The van der Waals surface area contributed by atoms with Gasteiger partial charge in [-0.25, -0.2) is 9.59 Å². The van der Waals surface area contributed by atoms with Gasteiger partial charge in [-0.1, -0.05) is 48.4 Å². The Balaban J connectivity index is 1.76. The van der Waals surface area contributed by atoms with E-state index in [0.29, 0.717) is 23.4 Å². The number of epoxide rings is 1. The molecule has 0 aliphatic carbocycles. The van der Waals surface area contributed by atoms with Gasteiger partial charge in [0.2, 0.25) is 11.8 Å². The van der Waals surface area contributed by atoms with Crippen molar-refractivity contribution in [2.75, 3.05) is 38.1 Å². The monoisotopic (exact) mass is 751 g/mol.